The Labute approximate surface area is 162 Å². The van der Waals surface area contributed by atoms with Crippen molar-refractivity contribution in [2.45, 2.75) is 39.7 Å². The first-order chi connectivity index (χ1) is 13.1. The average molecular weight is 385 g/mol. The van der Waals surface area contributed by atoms with E-state index in [1.165, 1.54) is 11.3 Å². The minimum absolute atomic E-state index is 0.0792. The number of rotatable bonds is 9. The number of carbonyl (C=O) groups excluding carboxylic acids is 1. The van der Waals surface area contributed by atoms with Crippen molar-refractivity contribution in [1.29, 1.82) is 0 Å². The highest BCUT2D eigenvalue weighted by molar-refractivity contribution is 7.15. The topological polar surface area (TPSA) is 81.9 Å². The van der Waals surface area contributed by atoms with Crippen LogP contribution < -0.4 is 10.1 Å². The predicted octanol–water partition coefficient (Wildman–Crippen LogP) is 3.26. The SMILES string of the molecule is CCc1nccn1CCC(=O)Nc1nnc(CCOc2cccc(C)c2)s1. The average Bonchev–Trinajstić information content (AvgIpc) is 3.29. The Morgan fingerprint density at radius 1 is 1.33 bits per heavy atom. The third kappa shape index (κ3) is 5.62. The smallest absolute Gasteiger partial charge is 0.227 e. The quantitative estimate of drug-likeness (QED) is 0.611. The maximum absolute atomic E-state index is 12.1. The van der Waals surface area contributed by atoms with E-state index in [0.717, 1.165) is 28.6 Å². The van der Waals surface area contributed by atoms with E-state index in [1.54, 1.807) is 6.20 Å². The van der Waals surface area contributed by atoms with Crippen LogP contribution in [0.1, 0.15) is 29.7 Å². The second kappa shape index (κ2) is 9.27. The van der Waals surface area contributed by atoms with Gasteiger partial charge in [-0.05, 0) is 24.6 Å². The fraction of sp³-hybridized carbons (Fsp3) is 0.368. The number of nitrogens with one attached hydrogen (secondary N) is 1. The van der Waals surface area contributed by atoms with Crippen molar-refractivity contribution in [2.75, 3.05) is 11.9 Å². The van der Waals surface area contributed by atoms with Gasteiger partial charge in [0.05, 0.1) is 6.61 Å². The standard InChI is InChI=1S/C19H23N5O2S/c1-3-16-20-9-11-24(16)10-7-17(25)21-19-23-22-18(27-19)8-12-26-15-6-4-5-14(2)13-15/h4-6,9,11,13H,3,7-8,10,12H2,1-2H3,(H,21,23,25). The summed E-state index contributed by atoms with van der Waals surface area (Å²) in [5, 5.41) is 12.3. The van der Waals surface area contributed by atoms with Gasteiger partial charge in [-0.15, -0.1) is 10.2 Å². The Balaban J connectivity index is 1.42. The molecule has 0 aliphatic carbocycles. The zero-order valence-electron chi connectivity index (χ0n) is 15.5. The molecule has 0 saturated heterocycles. The lowest BCUT2D eigenvalue weighted by atomic mass is 10.2. The Bertz CT molecular complexity index is 890. The number of amides is 1. The minimum Gasteiger partial charge on any atom is -0.493 e. The first-order valence-electron chi connectivity index (χ1n) is 8.95. The van der Waals surface area contributed by atoms with Gasteiger partial charge in [0.2, 0.25) is 11.0 Å². The van der Waals surface area contributed by atoms with Crippen LogP contribution in [0.2, 0.25) is 0 Å². The first-order valence-corrected chi connectivity index (χ1v) is 9.77. The molecule has 0 spiro atoms. The molecule has 1 N–H and O–H groups in total. The molecule has 2 heterocycles. The Morgan fingerprint density at radius 3 is 3.04 bits per heavy atom. The number of ether oxygens (including phenoxy) is 1. The highest BCUT2D eigenvalue weighted by atomic mass is 32.1. The zero-order chi connectivity index (χ0) is 19.1. The molecule has 27 heavy (non-hydrogen) atoms. The van der Waals surface area contributed by atoms with Crippen molar-refractivity contribution < 1.29 is 9.53 Å². The number of hydrogen-bond donors (Lipinski definition) is 1. The molecule has 3 rings (SSSR count). The largest absolute Gasteiger partial charge is 0.493 e. The number of aromatic nitrogens is 4. The van der Waals surface area contributed by atoms with E-state index in [9.17, 15) is 4.79 Å². The summed E-state index contributed by atoms with van der Waals surface area (Å²) in [5.74, 6) is 1.75. The summed E-state index contributed by atoms with van der Waals surface area (Å²) >= 11 is 1.38. The molecule has 1 aromatic carbocycles. The molecule has 0 fully saturated rings. The van der Waals surface area contributed by atoms with Gasteiger partial charge in [0.25, 0.3) is 0 Å². The van der Waals surface area contributed by atoms with Crippen molar-refractivity contribution in [2.24, 2.45) is 0 Å². The number of nitrogens with zero attached hydrogens (tertiary/aromatic N) is 4. The molecule has 0 atom stereocenters. The predicted molar refractivity (Wildman–Crippen MR) is 105 cm³/mol. The zero-order valence-corrected chi connectivity index (χ0v) is 16.3. The van der Waals surface area contributed by atoms with Gasteiger partial charge in [0.15, 0.2) is 0 Å². The molecule has 0 aliphatic heterocycles. The molecule has 0 aliphatic rings. The van der Waals surface area contributed by atoms with Crippen LogP contribution in [0.25, 0.3) is 0 Å². The van der Waals surface area contributed by atoms with Crippen molar-refractivity contribution >= 4 is 22.4 Å². The maximum Gasteiger partial charge on any atom is 0.227 e. The number of carbonyl (C=O) groups is 1. The van der Waals surface area contributed by atoms with E-state index in [4.69, 9.17) is 4.74 Å². The Kier molecular flexibility index (Phi) is 6.54. The van der Waals surface area contributed by atoms with E-state index < -0.39 is 0 Å². The van der Waals surface area contributed by atoms with Crippen LogP contribution in [-0.4, -0.2) is 32.3 Å². The number of hydrogen-bond acceptors (Lipinski definition) is 6. The molecule has 8 heteroatoms. The highest BCUT2D eigenvalue weighted by Gasteiger charge is 2.10. The molecule has 0 unspecified atom stereocenters. The molecule has 0 saturated carbocycles. The van der Waals surface area contributed by atoms with Gasteiger partial charge in [-0.1, -0.05) is 30.4 Å². The van der Waals surface area contributed by atoms with Crippen LogP contribution in [0, 0.1) is 6.92 Å². The molecule has 1 amide bonds. The summed E-state index contributed by atoms with van der Waals surface area (Å²) in [7, 11) is 0. The van der Waals surface area contributed by atoms with E-state index in [1.807, 2.05) is 48.9 Å². The maximum atomic E-state index is 12.1. The molecular weight excluding hydrogens is 362 g/mol. The van der Waals surface area contributed by atoms with Crippen molar-refractivity contribution in [3.8, 4) is 5.75 Å². The summed E-state index contributed by atoms with van der Waals surface area (Å²) in [6, 6.07) is 7.93. The number of anilines is 1. The first kappa shape index (κ1) is 19.0. The van der Waals surface area contributed by atoms with Crippen molar-refractivity contribution in [3.63, 3.8) is 0 Å². The minimum atomic E-state index is -0.0792. The van der Waals surface area contributed by atoms with Gasteiger partial charge in [0, 0.05) is 38.2 Å². The fourth-order valence-electron chi connectivity index (χ4n) is 2.63. The van der Waals surface area contributed by atoms with Crippen molar-refractivity contribution in [1.82, 2.24) is 19.7 Å². The number of imidazole rings is 1. The van der Waals surface area contributed by atoms with Gasteiger partial charge < -0.3 is 14.6 Å². The lowest BCUT2D eigenvalue weighted by Gasteiger charge is -2.06. The molecule has 0 radical (unpaired) electrons. The highest BCUT2D eigenvalue weighted by Crippen LogP contribution is 2.17. The number of benzene rings is 1. The normalized spacial score (nSPS) is 10.7. The van der Waals surface area contributed by atoms with E-state index in [-0.39, 0.29) is 5.91 Å². The van der Waals surface area contributed by atoms with Crippen LogP contribution in [0.15, 0.2) is 36.7 Å². The van der Waals surface area contributed by atoms with Gasteiger partial charge in [-0.3, -0.25) is 4.79 Å². The second-order valence-corrected chi connectivity index (χ2v) is 7.17. The van der Waals surface area contributed by atoms with Crippen LogP contribution in [-0.2, 0) is 24.2 Å². The van der Waals surface area contributed by atoms with E-state index in [2.05, 4.69) is 20.5 Å². The monoisotopic (exact) mass is 385 g/mol. The third-order valence-electron chi connectivity index (χ3n) is 3.99. The van der Waals surface area contributed by atoms with Crippen LogP contribution in [0.3, 0.4) is 0 Å². The van der Waals surface area contributed by atoms with Gasteiger partial charge in [-0.2, -0.15) is 0 Å². The second-order valence-electron chi connectivity index (χ2n) is 6.10. The molecule has 7 nitrogen and oxygen atoms in total. The van der Waals surface area contributed by atoms with Gasteiger partial charge >= 0.3 is 0 Å². The lowest BCUT2D eigenvalue weighted by Crippen LogP contribution is -2.15. The third-order valence-corrected chi connectivity index (χ3v) is 4.88. The molecular formula is C19H23N5O2S. The van der Waals surface area contributed by atoms with Crippen LogP contribution >= 0.6 is 11.3 Å². The Morgan fingerprint density at radius 2 is 2.22 bits per heavy atom. The fourth-order valence-corrected chi connectivity index (χ4v) is 3.36. The molecule has 0 bridgehead atoms. The molecule has 142 valence electrons. The Hall–Kier alpha value is -2.74. The molecule has 3 aromatic rings. The summed E-state index contributed by atoms with van der Waals surface area (Å²) in [6.07, 6.45) is 5.51. The molecule has 2 aromatic heterocycles. The summed E-state index contributed by atoms with van der Waals surface area (Å²) in [4.78, 5) is 16.4. The lowest BCUT2D eigenvalue weighted by molar-refractivity contribution is -0.116. The van der Waals surface area contributed by atoms with Gasteiger partial charge in [-0.25, -0.2) is 4.98 Å². The van der Waals surface area contributed by atoms with Crippen molar-refractivity contribution in [3.05, 3.63) is 53.1 Å². The summed E-state index contributed by atoms with van der Waals surface area (Å²) in [5.41, 5.74) is 1.16. The van der Waals surface area contributed by atoms with E-state index >= 15 is 0 Å². The summed E-state index contributed by atoms with van der Waals surface area (Å²) < 4.78 is 7.72. The summed E-state index contributed by atoms with van der Waals surface area (Å²) in [6.45, 7) is 5.20. The van der Waals surface area contributed by atoms with Gasteiger partial charge in [0.1, 0.15) is 16.6 Å². The van der Waals surface area contributed by atoms with E-state index in [0.29, 0.717) is 31.1 Å². The van der Waals surface area contributed by atoms with Crippen LogP contribution in [0.5, 0.6) is 5.75 Å². The number of aryl methyl sites for hydroxylation is 3. The van der Waals surface area contributed by atoms with Crippen LogP contribution in [0.4, 0.5) is 5.13 Å².